The van der Waals surface area contributed by atoms with Gasteiger partial charge in [-0.05, 0) is 38.0 Å². The van der Waals surface area contributed by atoms with Gasteiger partial charge in [0.05, 0.1) is 12.2 Å². The molecule has 0 aromatic heterocycles. The van der Waals surface area contributed by atoms with E-state index < -0.39 is 5.97 Å². The minimum absolute atomic E-state index is 0.240. The maximum Gasteiger partial charge on any atom is 0.303 e. The van der Waals surface area contributed by atoms with E-state index in [2.05, 4.69) is 6.92 Å². The zero-order valence-electron chi connectivity index (χ0n) is 10.0. The molecular formula is C13H22O3. The van der Waals surface area contributed by atoms with Crippen LogP contribution in [0.5, 0.6) is 0 Å². The van der Waals surface area contributed by atoms with E-state index in [1.165, 1.54) is 19.3 Å². The molecule has 1 aliphatic carbocycles. The van der Waals surface area contributed by atoms with E-state index in [0.717, 1.165) is 19.3 Å². The second-order valence-electron chi connectivity index (χ2n) is 5.38. The van der Waals surface area contributed by atoms with Crippen molar-refractivity contribution in [2.75, 3.05) is 0 Å². The summed E-state index contributed by atoms with van der Waals surface area (Å²) in [5.74, 6) is 0.182. The summed E-state index contributed by atoms with van der Waals surface area (Å²) in [6.45, 7) is 2.08. The lowest BCUT2D eigenvalue weighted by molar-refractivity contribution is -0.144. The summed E-state index contributed by atoms with van der Waals surface area (Å²) in [6.07, 6.45) is 7.88. The number of ether oxygens (including phenoxy) is 1. The van der Waals surface area contributed by atoms with Crippen molar-refractivity contribution in [3.05, 3.63) is 0 Å². The van der Waals surface area contributed by atoms with Gasteiger partial charge in [-0.25, -0.2) is 0 Å². The van der Waals surface area contributed by atoms with E-state index >= 15 is 0 Å². The number of aliphatic carboxylic acids is 1. The summed E-state index contributed by atoms with van der Waals surface area (Å²) in [5.41, 5.74) is 0. The van der Waals surface area contributed by atoms with Crippen LogP contribution in [0.3, 0.4) is 0 Å². The van der Waals surface area contributed by atoms with Crippen LogP contribution in [0.1, 0.15) is 51.9 Å². The summed E-state index contributed by atoms with van der Waals surface area (Å²) < 4.78 is 5.99. The Morgan fingerprint density at radius 1 is 1.31 bits per heavy atom. The molecule has 2 rings (SSSR count). The van der Waals surface area contributed by atoms with Gasteiger partial charge in [0.15, 0.2) is 0 Å². The number of hydrogen-bond acceptors (Lipinski definition) is 2. The average Bonchev–Trinajstić information content (AvgIpc) is 2.41. The molecule has 1 heterocycles. The highest BCUT2D eigenvalue weighted by Gasteiger charge is 2.38. The lowest BCUT2D eigenvalue weighted by Gasteiger charge is -2.40. The van der Waals surface area contributed by atoms with Crippen LogP contribution in [-0.2, 0) is 9.53 Å². The van der Waals surface area contributed by atoms with Gasteiger partial charge in [0.25, 0.3) is 0 Å². The fourth-order valence-electron chi connectivity index (χ4n) is 3.42. The van der Waals surface area contributed by atoms with E-state index in [4.69, 9.17) is 9.84 Å². The third kappa shape index (κ3) is 2.76. The second-order valence-corrected chi connectivity index (χ2v) is 5.38. The fraction of sp³-hybridized carbons (Fsp3) is 0.923. The Hall–Kier alpha value is -0.570. The third-order valence-corrected chi connectivity index (χ3v) is 4.09. The predicted octanol–water partition coefficient (Wildman–Crippen LogP) is 2.84. The standard InChI is InChI=1S/C13H22O3/c1-9-7-10(8-13(14)15)11-5-3-2-4-6-12(11)16-9/h9-12H,2-8H2,1H3,(H,14,15). The highest BCUT2D eigenvalue weighted by atomic mass is 16.5. The van der Waals surface area contributed by atoms with E-state index in [-0.39, 0.29) is 6.10 Å². The molecule has 0 radical (unpaired) electrons. The third-order valence-electron chi connectivity index (χ3n) is 4.09. The molecule has 1 saturated carbocycles. The van der Waals surface area contributed by atoms with Crippen LogP contribution >= 0.6 is 0 Å². The number of rotatable bonds is 2. The summed E-state index contributed by atoms with van der Waals surface area (Å²) in [6, 6.07) is 0. The van der Waals surface area contributed by atoms with Crippen molar-refractivity contribution in [3.63, 3.8) is 0 Å². The number of carbonyl (C=O) groups is 1. The largest absolute Gasteiger partial charge is 0.481 e. The van der Waals surface area contributed by atoms with Gasteiger partial charge < -0.3 is 9.84 Å². The summed E-state index contributed by atoms with van der Waals surface area (Å²) in [4.78, 5) is 10.9. The fourth-order valence-corrected chi connectivity index (χ4v) is 3.42. The topological polar surface area (TPSA) is 46.5 Å². The van der Waals surface area contributed by atoms with Gasteiger partial charge in [0, 0.05) is 6.42 Å². The van der Waals surface area contributed by atoms with Gasteiger partial charge in [-0.1, -0.05) is 19.3 Å². The molecular weight excluding hydrogens is 204 g/mol. The van der Waals surface area contributed by atoms with Crippen LogP contribution in [0.4, 0.5) is 0 Å². The van der Waals surface area contributed by atoms with Crippen LogP contribution in [-0.4, -0.2) is 23.3 Å². The lowest BCUT2D eigenvalue weighted by atomic mass is 9.77. The molecule has 16 heavy (non-hydrogen) atoms. The molecule has 4 unspecified atom stereocenters. The van der Waals surface area contributed by atoms with Crippen molar-refractivity contribution < 1.29 is 14.6 Å². The lowest BCUT2D eigenvalue weighted by Crippen LogP contribution is -2.40. The van der Waals surface area contributed by atoms with Gasteiger partial charge >= 0.3 is 5.97 Å². The van der Waals surface area contributed by atoms with E-state index in [9.17, 15) is 4.79 Å². The van der Waals surface area contributed by atoms with E-state index in [1.807, 2.05) is 0 Å². The monoisotopic (exact) mass is 226 g/mol. The number of carboxylic acid groups (broad SMARTS) is 1. The zero-order valence-corrected chi connectivity index (χ0v) is 10.0. The number of carboxylic acids is 1. The zero-order chi connectivity index (χ0) is 11.5. The molecule has 0 aromatic carbocycles. The Balaban J connectivity index is 2.05. The van der Waals surface area contributed by atoms with Crippen molar-refractivity contribution in [2.24, 2.45) is 11.8 Å². The molecule has 0 aromatic rings. The van der Waals surface area contributed by atoms with Crippen molar-refractivity contribution in [2.45, 2.75) is 64.1 Å². The quantitative estimate of drug-likeness (QED) is 0.787. The van der Waals surface area contributed by atoms with Crippen molar-refractivity contribution in [3.8, 4) is 0 Å². The SMILES string of the molecule is CC1CC(CC(=O)O)C2CCCCCC2O1. The minimum atomic E-state index is -0.651. The smallest absolute Gasteiger partial charge is 0.303 e. The maximum atomic E-state index is 10.9. The average molecular weight is 226 g/mol. The molecule has 2 aliphatic rings. The Labute approximate surface area is 97.2 Å². The van der Waals surface area contributed by atoms with Crippen LogP contribution in [0.25, 0.3) is 0 Å². The molecule has 1 saturated heterocycles. The molecule has 4 atom stereocenters. The first-order valence-electron chi connectivity index (χ1n) is 6.54. The molecule has 0 amide bonds. The Kier molecular flexibility index (Phi) is 3.85. The Bertz CT molecular complexity index is 252. The van der Waals surface area contributed by atoms with Gasteiger partial charge in [0.1, 0.15) is 0 Å². The molecule has 3 nitrogen and oxygen atoms in total. The van der Waals surface area contributed by atoms with E-state index in [1.54, 1.807) is 0 Å². The number of fused-ring (bicyclic) bond motifs is 1. The van der Waals surface area contributed by atoms with E-state index in [0.29, 0.717) is 24.4 Å². The van der Waals surface area contributed by atoms with Gasteiger partial charge in [-0.15, -0.1) is 0 Å². The molecule has 92 valence electrons. The second kappa shape index (κ2) is 5.17. The van der Waals surface area contributed by atoms with Crippen LogP contribution in [0, 0.1) is 11.8 Å². The van der Waals surface area contributed by atoms with Crippen molar-refractivity contribution in [1.82, 2.24) is 0 Å². The Morgan fingerprint density at radius 3 is 2.81 bits per heavy atom. The predicted molar refractivity (Wildman–Crippen MR) is 61.3 cm³/mol. The van der Waals surface area contributed by atoms with Crippen LogP contribution in [0.2, 0.25) is 0 Å². The first kappa shape index (κ1) is 11.9. The minimum Gasteiger partial charge on any atom is -0.481 e. The van der Waals surface area contributed by atoms with Crippen molar-refractivity contribution >= 4 is 5.97 Å². The summed E-state index contributed by atoms with van der Waals surface area (Å²) >= 11 is 0. The molecule has 1 N–H and O–H groups in total. The first-order chi connectivity index (χ1) is 7.66. The highest BCUT2D eigenvalue weighted by Crippen LogP contribution is 2.40. The molecule has 2 fully saturated rings. The molecule has 0 spiro atoms. The number of hydrogen-bond donors (Lipinski definition) is 1. The van der Waals surface area contributed by atoms with Crippen LogP contribution in [0.15, 0.2) is 0 Å². The molecule has 1 aliphatic heterocycles. The first-order valence-corrected chi connectivity index (χ1v) is 6.54. The van der Waals surface area contributed by atoms with Crippen molar-refractivity contribution in [1.29, 1.82) is 0 Å². The highest BCUT2D eigenvalue weighted by molar-refractivity contribution is 5.67. The molecule has 3 heteroatoms. The van der Waals surface area contributed by atoms with Gasteiger partial charge in [-0.3, -0.25) is 4.79 Å². The summed E-state index contributed by atoms with van der Waals surface area (Å²) in [5, 5.41) is 8.97. The summed E-state index contributed by atoms with van der Waals surface area (Å²) in [7, 11) is 0. The van der Waals surface area contributed by atoms with Gasteiger partial charge in [0.2, 0.25) is 0 Å². The van der Waals surface area contributed by atoms with Crippen LogP contribution < -0.4 is 0 Å². The Morgan fingerprint density at radius 2 is 2.06 bits per heavy atom. The molecule has 0 bridgehead atoms. The normalized spacial score (nSPS) is 39.8. The maximum absolute atomic E-state index is 10.9. The van der Waals surface area contributed by atoms with Gasteiger partial charge in [-0.2, -0.15) is 0 Å².